The predicted octanol–water partition coefficient (Wildman–Crippen LogP) is 7.19. The third-order valence-electron chi connectivity index (χ3n) is 13.9. The van der Waals surface area contributed by atoms with Crippen molar-refractivity contribution in [3.8, 4) is 34.5 Å². The van der Waals surface area contributed by atoms with Crippen LogP contribution in [0.15, 0.2) is 54.6 Å². The second-order valence-electron chi connectivity index (χ2n) is 21.6. The first-order chi connectivity index (χ1) is 41.4. The monoisotopic (exact) mass is 1220 g/mol. The number of ketones is 3. The fourth-order valence-corrected chi connectivity index (χ4v) is 9.58. The number of fused-ring (bicyclic) bond motifs is 4. The van der Waals surface area contributed by atoms with Crippen LogP contribution < -0.4 is 14.2 Å². The summed E-state index contributed by atoms with van der Waals surface area (Å²) in [5, 5.41) is 69.7. The molecule has 0 aliphatic carbocycles. The molecule has 478 valence electrons. The first kappa shape index (κ1) is 70.5. The minimum absolute atomic E-state index is 0.00883. The number of carbonyl (C=O) groups excluding carboxylic acids is 6. The Morgan fingerprint density at radius 1 is 0.494 bits per heavy atom. The van der Waals surface area contributed by atoms with Crippen LogP contribution in [-0.4, -0.2) is 173 Å². The molecule has 4 aliphatic heterocycles. The molecule has 0 bridgehead atoms. The van der Waals surface area contributed by atoms with E-state index in [1.807, 2.05) is 6.08 Å². The van der Waals surface area contributed by atoms with Gasteiger partial charge in [-0.3, -0.25) is 14.4 Å². The van der Waals surface area contributed by atoms with E-state index in [0.717, 1.165) is 6.07 Å². The molecule has 4 heterocycles. The van der Waals surface area contributed by atoms with Crippen LogP contribution in [0.2, 0.25) is 0 Å². The first-order valence-corrected chi connectivity index (χ1v) is 28.6. The second kappa shape index (κ2) is 34.3. The second-order valence-corrected chi connectivity index (χ2v) is 21.6. The Kier molecular flexibility index (Phi) is 27.8. The normalized spacial score (nSPS) is 26.1. The van der Waals surface area contributed by atoms with Crippen LogP contribution in [0.5, 0.6) is 34.5 Å². The molecule has 0 radical (unpaired) electrons. The first-order valence-electron chi connectivity index (χ1n) is 28.6. The quantitative estimate of drug-likeness (QED) is 0.0633. The summed E-state index contributed by atoms with van der Waals surface area (Å²) in [4.78, 5) is 74.7. The maximum atomic E-state index is 13.2. The van der Waals surface area contributed by atoms with Gasteiger partial charge in [-0.15, -0.1) is 0 Å². The molecule has 0 spiro atoms. The summed E-state index contributed by atoms with van der Waals surface area (Å²) in [6.07, 6.45) is 5.04. The lowest BCUT2D eigenvalue weighted by atomic mass is 9.99. The van der Waals surface area contributed by atoms with Crippen LogP contribution in [0.4, 0.5) is 0 Å². The number of rotatable bonds is 9. The number of benzene rings is 3. The van der Waals surface area contributed by atoms with Gasteiger partial charge in [-0.2, -0.15) is 0 Å². The standard InChI is InChI=1S/C25H34O9.C20H26O8.C18H22O7/c1-16-8-6-10-19(26)23-20(33-25(2,3)34-23)11-7-9-17-12-18(30-14-28-4)13-21(31-15-29-5)22(17)24(27)32-16;1-12-5-3-7-15(21)19(24)16(22)8-4-6-13-9-14(27-11-26-2)10-17(23)18(13)20(25)28-12;1-10-4-2-6-13(20)17(23)14(21)7-3-5-11-8-12(19)9-15(22)16(11)18(24)25-10/h7,9,12-13,16,20,23H,6,8,10-11,14-15H2,1-5H3;4,6,9-10,12,16,19,22-24H,3,5,7-8,11H2,1-2H3;3,5,8-10,14,17,19,21-23H,2,4,6-7H2,1H3/b9-7+;6-4+;5-3+/t16-,20+,23-;12-,16+,19+;10-,14+,17+/m000/s1. The van der Waals surface area contributed by atoms with Crippen LogP contribution in [0, 0.1) is 0 Å². The fourth-order valence-electron chi connectivity index (χ4n) is 9.58. The topological polar surface area (TPSA) is 346 Å². The lowest BCUT2D eigenvalue weighted by Crippen LogP contribution is -2.33. The number of phenols is 3. The van der Waals surface area contributed by atoms with Crippen molar-refractivity contribution in [2.45, 2.75) is 172 Å². The molecule has 9 atom stereocenters. The number of Topliss-reactive ketones (excluding diaryl/α,β-unsaturated/α-hetero) is 3. The van der Waals surface area contributed by atoms with Gasteiger partial charge in [0.25, 0.3) is 0 Å². The van der Waals surface area contributed by atoms with Gasteiger partial charge in [0, 0.05) is 58.8 Å². The molecule has 4 aliphatic rings. The van der Waals surface area contributed by atoms with Crippen LogP contribution in [-0.2, 0) is 52.3 Å². The highest BCUT2D eigenvalue weighted by Crippen LogP contribution is 2.36. The van der Waals surface area contributed by atoms with Crippen LogP contribution in [0.3, 0.4) is 0 Å². The maximum absolute atomic E-state index is 13.2. The van der Waals surface area contributed by atoms with E-state index in [0.29, 0.717) is 68.2 Å². The van der Waals surface area contributed by atoms with E-state index in [9.17, 15) is 64.5 Å². The Morgan fingerprint density at radius 3 is 1.38 bits per heavy atom. The highest BCUT2D eigenvalue weighted by Gasteiger charge is 2.44. The van der Waals surface area contributed by atoms with E-state index in [2.05, 4.69) is 0 Å². The molecule has 3 aromatic rings. The zero-order valence-electron chi connectivity index (χ0n) is 50.3. The number of esters is 3. The van der Waals surface area contributed by atoms with Gasteiger partial charge in [-0.25, -0.2) is 14.4 Å². The molecule has 1 fully saturated rings. The van der Waals surface area contributed by atoms with Crippen LogP contribution in [0.1, 0.15) is 159 Å². The van der Waals surface area contributed by atoms with Crippen molar-refractivity contribution in [2.24, 2.45) is 0 Å². The highest BCUT2D eigenvalue weighted by molar-refractivity contribution is 5.99. The molecule has 0 amide bonds. The number of aromatic hydroxyl groups is 3. The van der Waals surface area contributed by atoms with Gasteiger partial charge < -0.3 is 87.9 Å². The number of hydrogen-bond acceptors (Lipinski definition) is 24. The molecular weight excluding hydrogens is 1140 g/mol. The van der Waals surface area contributed by atoms with Gasteiger partial charge in [-0.05, 0) is 127 Å². The molecule has 0 unspecified atom stereocenters. The van der Waals surface area contributed by atoms with Crippen molar-refractivity contribution in [2.75, 3.05) is 41.7 Å². The van der Waals surface area contributed by atoms with E-state index < -0.39 is 95.9 Å². The fraction of sp³-hybridized carbons (Fsp3) is 0.524. The van der Waals surface area contributed by atoms with Gasteiger partial charge in [-0.1, -0.05) is 36.5 Å². The summed E-state index contributed by atoms with van der Waals surface area (Å²) in [7, 11) is 4.46. The van der Waals surface area contributed by atoms with Crippen molar-refractivity contribution in [3.05, 3.63) is 88.0 Å². The Labute approximate surface area is 505 Å². The summed E-state index contributed by atoms with van der Waals surface area (Å²) >= 11 is 0. The summed E-state index contributed by atoms with van der Waals surface area (Å²) < 4.78 is 59.8. The Morgan fingerprint density at radius 2 is 0.897 bits per heavy atom. The zero-order valence-corrected chi connectivity index (χ0v) is 50.3. The molecule has 7 rings (SSSR count). The number of carbonyl (C=O) groups is 6. The number of phenolic OH excluding ortho intramolecular Hbond substituents is 3. The van der Waals surface area contributed by atoms with Gasteiger partial charge >= 0.3 is 17.9 Å². The number of cyclic esters (lactones) is 3. The smallest absolute Gasteiger partial charge is 0.342 e. The SMILES string of the molecule is COCOc1cc(O)c2c(c1)/C=C/C[C@@H](O)[C@H](O)C(=O)CCC[C@H](C)OC2=O.COCOc1cc2c(c(OCOC)c1)C(=O)O[C@@H](C)CCCC(=O)[C@@H]1OC(C)(C)O[C@@H]1C/C=C/2.C[C@H]1CCCC(=O)[C@@H](O)[C@H](O)C/C=C/c2cc(O)cc(O)c2C(=O)O1. The lowest BCUT2D eigenvalue weighted by molar-refractivity contribution is -0.154. The van der Waals surface area contributed by atoms with Crippen LogP contribution in [0.25, 0.3) is 18.2 Å². The van der Waals surface area contributed by atoms with Gasteiger partial charge in [0.2, 0.25) is 0 Å². The van der Waals surface area contributed by atoms with E-state index in [-0.39, 0.29) is 97.1 Å². The molecule has 24 nitrogen and oxygen atoms in total. The van der Waals surface area contributed by atoms with Crippen molar-refractivity contribution in [1.82, 2.24) is 0 Å². The molecule has 7 N–H and O–H groups in total. The Hall–Kier alpha value is -7.26. The Bertz CT molecular complexity index is 2910. The van der Waals surface area contributed by atoms with E-state index in [1.165, 1.54) is 63.8 Å². The molecule has 0 aromatic heterocycles. The summed E-state index contributed by atoms with van der Waals surface area (Å²) in [5.41, 5.74) is 1.20. The average molecular weight is 1220 g/mol. The van der Waals surface area contributed by atoms with Gasteiger partial charge in [0.05, 0.1) is 36.6 Å². The van der Waals surface area contributed by atoms with Crippen molar-refractivity contribution in [1.29, 1.82) is 0 Å². The number of methoxy groups -OCH3 is 3. The molecule has 24 heteroatoms. The van der Waals surface area contributed by atoms with E-state index >= 15 is 0 Å². The number of hydrogen-bond donors (Lipinski definition) is 7. The maximum Gasteiger partial charge on any atom is 0.342 e. The zero-order chi connectivity index (χ0) is 64.0. The minimum atomic E-state index is -1.48. The molecule has 87 heavy (non-hydrogen) atoms. The summed E-state index contributed by atoms with van der Waals surface area (Å²) in [6.45, 7) is 8.67. The van der Waals surface area contributed by atoms with Crippen molar-refractivity contribution in [3.63, 3.8) is 0 Å². The molecule has 1 saturated heterocycles. The average Bonchev–Trinajstić information content (AvgIpc) is 3.39. The summed E-state index contributed by atoms with van der Waals surface area (Å²) in [5.74, 6) is -3.71. The van der Waals surface area contributed by atoms with Gasteiger partial charge in [0.1, 0.15) is 69.5 Å². The minimum Gasteiger partial charge on any atom is -0.508 e. The lowest BCUT2D eigenvalue weighted by Gasteiger charge is -2.19. The number of ether oxygens (including phenoxy) is 11. The van der Waals surface area contributed by atoms with Crippen molar-refractivity contribution < 1.29 is 117 Å². The third kappa shape index (κ3) is 21.5. The Balaban J connectivity index is 0.000000241. The summed E-state index contributed by atoms with van der Waals surface area (Å²) in [6, 6.07) is 8.44. The van der Waals surface area contributed by atoms with Crippen LogP contribution >= 0.6 is 0 Å². The van der Waals surface area contributed by atoms with E-state index in [1.54, 1.807) is 52.8 Å². The third-order valence-corrected chi connectivity index (χ3v) is 13.9. The largest absolute Gasteiger partial charge is 0.508 e. The molecule has 0 saturated carbocycles. The van der Waals surface area contributed by atoms with Crippen molar-refractivity contribution >= 4 is 53.5 Å². The molecular formula is C63H82O24. The van der Waals surface area contributed by atoms with Gasteiger partial charge in [0.15, 0.2) is 43.5 Å². The highest BCUT2D eigenvalue weighted by atomic mass is 16.8. The van der Waals surface area contributed by atoms with E-state index in [4.69, 9.17) is 52.1 Å². The molecule has 3 aromatic carbocycles. The number of aliphatic hydroxyl groups excluding tert-OH is 4. The number of aliphatic hydroxyl groups is 4. The predicted molar refractivity (Wildman–Crippen MR) is 312 cm³/mol.